The highest BCUT2D eigenvalue weighted by molar-refractivity contribution is 6.01. The van der Waals surface area contributed by atoms with Crippen molar-refractivity contribution in [2.45, 2.75) is 13.3 Å². The van der Waals surface area contributed by atoms with E-state index in [-0.39, 0.29) is 17.7 Å². The van der Waals surface area contributed by atoms with Crippen molar-refractivity contribution in [3.63, 3.8) is 0 Å². The number of nitrogens with two attached hydrogens (primary N) is 1. The van der Waals surface area contributed by atoms with Gasteiger partial charge in [-0.05, 0) is 18.1 Å². The molecule has 1 aromatic rings. The summed E-state index contributed by atoms with van der Waals surface area (Å²) in [5, 5.41) is 9.70. The van der Waals surface area contributed by atoms with Gasteiger partial charge in [0, 0.05) is 0 Å². The maximum Gasteiger partial charge on any atom is 0.250 e. The zero-order valence-corrected chi connectivity index (χ0v) is 8.30. The van der Waals surface area contributed by atoms with E-state index in [4.69, 9.17) is 5.73 Å². The van der Waals surface area contributed by atoms with Crippen molar-refractivity contribution in [3.05, 3.63) is 29.3 Å². The lowest BCUT2D eigenvalue weighted by atomic mass is 10.0. The summed E-state index contributed by atoms with van der Waals surface area (Å²) in [5.41, 5.74) is 6.10. The molecule has 0 bridgehead atoms. The van der Waals surface area contributed by atoms with Crippen LogP contribution in [0, 0.1) is 0 Å². The highest BCUT2D eigenvalue weighted by Crippen LogP contribution is 2.23. The number of hydrogen-bond acceptors (Lipinski definition) is 3. The zero-order valence-electron chi connectivity index (χ0n) is 8.30. The number of carbonyl (C=O) groups excluding carboxylic acids is 2. The van der Waals surface area contributed by atoms with Crippen LogP contribution in [0.4, 0.5) is 5.69 Å². The number of nitrogens with zero attached hydrogens (tertiary/aromatic N) is 1. The van der Waals surface area contributed by atoms with Crippen LogP contribution in [0.25, 0.3) is 0 Å². The second-order valence-electron chi connectivity index (χ2n) is 2.98. The molecule has 0 atom stereocenters. The Balaban J connectivity index is 3.39. The van der Waals surface area contributed by atoms with Crippen LogP contribution >= 0.6 is 0 Å². The van der Waals surface area contributed by atoms with E-state index in [0.29, 0.717) is 17.0 Å². The molecule has 0 aliphatic heterocycles. The summed E-state index contributed by atoms with van der Waals surface area (Å²) in [4.78, 5) is 21.6. The van der Waals surface area contributed by atoms with Crippen molar-refractivity contribution in [2.24, 2.45) is 5.73 Å². The van der Waals surface area contributed by atoms with Gasteiger partial charge in [-0.25, -0.2) is 0 Å². The molecule has 5 heteroatoms. The molecule has 0 aromatic heterocycles. The summed E-state index contributed by atoms with van der Waals surface area (Å²) in [6.45, 7) is 1.85. The quantitative estimate of drug-likeness (QED) is 0.434. The van der Waals surface area contributed by atoms with Gasteiger partial charge in [-0.1, -0.05) is 19.1 Å². The van der Waals surface area contributed by atoms with Gasteiger partial charge in [0.15, 0.2) is 0 Å². The molecular weight excluding hydrogens is 196 g/mol. The number of benzene rings is 1. The third-order valence-corrected chi connectivity index (χ3v) is 2.09. The van der Waals surface area contributed by atoms with E-state index in [1.54, 1.807) is 12.1 Å². The molecule has 0 aliphatic carbocycles. The molecule has 0 heterocycles. The summed E-state index contributed by atoms with van der Waals surface area (Å²) >= 11 is 0. The molecule has 0 aliphatic rings. The van der Waals surface area contributed by atoms with Crippen molar-refractivity contribution in [1.29, 1.82) is 0 Å². The van der Waals surface area contributed by atoms with Crippen molar-refractivity contribution in [1.82, 2.24) is 0 Å². The van der Waals surface area contributed by atoms with Crippen molar-refractivity contribution in [2.75, 3.05) is 5.06 Å². The average molecular weight is 208 g/mol. The van der Waals surface area contributed by atoms with Gasteiger partial charge in [0.1, 0.15) is 0 Å². The van der Waals surface area contributed by atoms with Crippen molar-refractivity contribution in [3.8, 4) is 0 Å². The van der Waals surface area contributed by atoms with Crippen LogP contribution in [-0.4, -0.2) is 17.5 Å². The molecule has 0 fully saturated rings. The lowest BCUT2D eigenvalue weighted by Crippen LogP contribution is -2.22. The van der Waals surface area contributed by atoms with E-state index in [2.05, 4.69) is 0 Å². The molecule has 0 spiro atoms. The minimum absolute atomic E-state index is 0.129. The van der Waals surface area contributed by atoms with Gasteiger partial charge in [0.05, 0.1) is 11.3 Å². The summed E-state index contributed by atoms with van der Waals surface area (Å²) in [5.74, 6) is -0.679. The fraction of sp³-hybridized carbons (Fsp3) is 0.200. The Labute approximate surface area is 87.1 Å². The number of hydrogen-bond donors (Lipinski definition) is 2. The molecule has 0 saturated carbocycles. The predicted octanol–water partition coefficient (Wildman–Crippen LogP) is 0.700. The van der Waals surface area contributed by atoms with Crippen LogP contribution in [0.1, 0.15) is 22.8 Å². The molecule has 0 radical (unpaired) electrons. The number of amides is 2. The SMILES string of the molecule is CCc1cccc(C(N)=O)c1N(O)C=O. The van der Waals surface area contributed by atoms with E-state index < -0.39 is 5.91 Å². The van der Waals surface area contributed by atoms with Crippen LogP contribution in [0.3, 0.4) is 0 Å². The third kappa shape index (κ3) is 2.13. The van der Waals surface area contributed by atoms with Gasteiger partial charge in [0.25, 0.3) is 5.91 Å². The second-order valence-corrected chi connectivity index (χ2v) is 2.98. The van der Waals surface area contributed by atoms with E-state index in [1.807, 2.05) is 6.92 Å². The summed E-state index contributed by atoms with van der Waals surface area (Å²) in [6, 6.07) is 4.83. The number of primary amides is 1. The first-order valence-corrected chi connectivity index (χ1v) is 4.46. The first kappa shape index (κ1) is 11.2. The minimum atomic E-state index is -0.679. The highest BCUT2D eigenvalue weighted by Gasteiger charge is 2.16. The van der Waals surface area contributed by atoms with E-state index in [0.717, 1.165) is 0 Å². The Morgan fingerprint density at radius 2 is 2.27 bits per heavy atom. The lowest BCUT2D eigenvalue weighted by Gasteiger charge is -2.16. The summed E-state index contributed by atoms with van der Waals surface area (Å²) in [7, 11) is 0. The van der Waals surface area contributed by atoms with Crippen LogP contribution in [0.5, 0.6) is 0 Å². The molecule has 15 heavy (non-hydrogen) atoms. The van der Waals surface area contributed by atoms with Crippen LogP contribution in [0.15, 0.2) is 18.2 Å². The van der Waals surface area contributed by atoms with Gasteiger partial charge in [0.2, 0.25) is 6.41 Å². The molecule has 0 unspecified atom stereocenters. The smallest absolute Gasteiger partial charge is 0.250 e. The van der Waals surface area contributed by atoms with Gasteiger partial charge < -0.3 is 5.73 Å². The third-order valence-electron chi connectivity index (χ3n) is 2.09. The first-order valence-electron chi connectivity index (χ1n) is 4.46. The maximum atomic E-state index is 11.1. The molecule has 5 nitrogen and oxygen atoms in total. The normalized spacial score (nSPS) is 9.73. The molecule has 2 amide bonds. The average Bonchev–Trinajstić information content (AvgIpc) is 2.26. The number of para-hydroxylation sites is 1. The van der Waals surface area contributed by atoms with E-state index in [1.165, 1.54) is 6.07 Å². The molecular formula is C10H12N2O3. The fourth-order valence-corrected chi connectivity index (χ4v) is 1.40. The van der Waals surface area contributed by atoms with Crippen molar-refractivity contribution >= 4 is 18.0 Å². The molecule has 0 saturated heterocycles. The van der Waals surface area contributed by atoms with E-state index in [9.17, 15) is 14.8 Å². The number of anilines is 1. The largest absolute Gasteiger partial charge is 0.366 e. The minimum Gasteiger partial charge on any atom is -0.366 e. The van der Waals surface area contributed by atoms with Gasteiger partial charge in [-0.3, -0.25) is 14.8 Å². The Bertz CT molecular complexity index is 390. The predicted molar refractivity (Wildman–Crippen MR) is 54.7 cm³/mol. The standard InChI is InChI=1S/C10H12N2O3/c1-2-7-4-3-5-8(10(11)14)9(7)12(15)6-13/h3-6,15H,2H2,1H3,(H2,11,14). The Morgan fingerprint density at radius 1 is 1.60 bits per heavy atom. The lowest BCUT2D eigenvalue weighted by molar-refractivity contribution is -0.111. The summed E-state index contributed by atoms with van der Waals surface area (Å²) in [6.07, 6.45) is 0.808. The Morgan fingerprint density at radius 3 is 2.73 bits per heavy atom. The Hall–Kier alpha value is -1.88. The molecule has 3 N–H and O–H groups in total. The first-order chi connectivity index (χ1) is 7.11. The fourth-order valence-electron chi connectivity index (χ4n) is 1.40. The zero-order chi connectivity index (χ0) is 11.4. The highest BCUT2D eigenvalue weighted by atomic mass is 16.5. The molecule has 1 rings (SSSR count). The maximum absolute atomic E-state index is 11.1. The summed E-state index contributed by atoms with van der Waals surface area (Å²) < 4.78 is 0. The Kier molecular flexibility index (Phi) is 3.41. The number of rotatable bonds is 4. The van der Waals surface area contributed by atoms with E-state index >= 15 is 0 Å². The van der Waals surface area contributed by atoms with Crippen LogP contribution < -0.4 is 10.8 Å². The number of carbonyl (C=O) groups is 2. The van der Waals surface area contributed by atoms with Gasteiger partial charge >= 0.3 is 0 Å². The van der Waals surface area contributed by atoms with Gasteiger partial charge in [-0.15, -0.1) is 0 Å². The van der Waals surface area contributed by atoms with Crippen LogP contribution in [-0.2, 0) is 11.2 Å². The molecule has 80 valence electrons. The number of hydroxylamine groups is 1. The van der Waals surface area contributed by atoms with Crippen LogP contribution in [0.2, 0.25) is 0 Å². The topological polar surface area (TPSA) is 83.6 Å². The monoisotopic (exact) mass is 208 g/mol. The second kappa shape index (κ2) is 4.56. The molecule has 1 aromatic carbocycles. The number of aryl methyl sites for hydroxylation is 1. The van der Waals surface area contributed by atoms with Crippen molar-refractivity contribution < 1.29 is 14.8 Å². The van der Waals surface area contributed by atoms with Gasteiger partial charge in [-0.2, -0.15) is 5.06 Å².